The van der Waals surface area contributed by atoms with Crippen molar-refractivity contribution in [2.24, 2.45) is 0 Å². The molecule has 6 nitrogen and oxygen atoms in total. The minimum absolute atomic E-state index is 0.0327. The van der Waals surface area contributed by atoms with Crippen molar-refractivity contribution in [2.45, 2.75) is 39.0 Å². The van der Waals surface area contributed by atoms with E-state index in [1.807, 2.05) is 61.0 Å². The molecule has 1 fully saturated rings. The first-order chi connectivity index (χ1) is 13.1. The predicted octanol–water partition coefficient (Wildman–Crippen LogP) is 2.81. The van der Waals surface area contributed by atoms with E-state index in [0.717, 1.165) is 17.8 Å². The molecule has 144 valence electrons. The lowest BCUT2D eigenvalue weighted by atomic mass is 10.1. The molecule has 2 atom stereocenters. The van der Waals surface area contributed by atoms with Gasteiger partial charge in [0, 0.05) is 24.6 Å². The molecule has 0 unspecified atom stereocenters. The number of nitrogens with one attached hydrogen (secondary N) is 1. The Morgan fingerprint density at radius 1 is 1.37 bits per heavy atom. The van der Waals surface area contributed by atoms with E-state index in [-0.39, 0.29) is 24.6 Å². The number of carbonyl (C=O) groups excluding carboxylic acids is 1. The fourth-order valence-corrected chi connectivity index (χ4v) is 3.08. The van der Waals surface area contributed by atoms with E-state index in [2.05, 4.69) is 10.3 Å². The summed E-state index contributed by atoms with van der Waals surface area (Å²) < 4.78 is 13.3. The van der Waals surface area contributed by atoms with Crippen LogP contribution in [-0.4, -0.2) is 47.4 Å². The summed E-state index contributed by atoms with van der Waals surface area (Å²) in [7, 11) is 0. The van der Waals surface area contributed by atoms with E-state index in [1.165, 1.54) is 5.57 Å². The second-order valence-electron chi connectivity index (χ2n) is 6.94. The third kappa shape index (κ3) is 5.52. The number of aromatic nitrogens is 2. The van der Waals surface area contributed by atoms with Crippen molar-refractivity contribution < 1.29 is 14.3 Å². The van der Waals surface area contributed by atoms with Gasteiger partial charge in [-0.3, -0.25) is 4.79 Å². The average Bonchev–Trinajstić information content (AvgIpc) is 3.11. The molecule has 3 rings (SSSR count). The van der Waals surface area contributed by atoms with Crippen molar-refractivity contribution in [3.8, 4) is 11.4 Å². The Morgan fingerprint density at radius 3 is 2.96 bits per heavy atom. The van der Waals surface area contributed by atoms with Crippen LogP contribution in [0.4, 0.5) is 0 Å². The van der Waals surface area contributed by atoms with Gasteiger partial charge >= 0.3 is 0 Å². The molecule has 0 saturated carbocycles. The molecule has 27 heavy (non-hydrogen) atoms. The summed E-state index contributed by atoms with van der Waals surface area (Å²) in [6.45, 7) is 5.98. The molecule has 0 bridgehead atoms. The van der Waals surface area contributed by atoms with Gasteiger partial charge in [0.2, 0.25) is 5.91 Å². The van der Waals surface area contributed by atoms with Gasteiger partial charge in [-0.1, -0.05) is 42.0 Å². The molecule has 1 saturated heterocycles. The van der Waals surface area contributed by atoms with Gasteiger partial charge in [-0.2, -0.15) is 0 Å². The number of nitrogens with zero attached hydrogens (tertiary/aromatic N) is 2. The van der Waals surface area contributed by atoms with Gasteiger partial charge in [-0.25, -0.2) is 4.98 Å². The number of benzene rings is 1. The molecule has 1 aromatic heterocycles. The Kier molecular flexibility index (Phi) is 6.79. The number of rotatable bonds is 7. The highest BCUT2D eigenvalue weighted by Crippen LogP contribution is 2.17. The molecule has 0 aliphatic carbocycles. The lowest BCUT2D eigenvalue weighted by Crippen LogP contribution is -2.51. The van der Waals surface area contributed by atoms with Crippen LogP contribution in [0.5, 0.6) is 0 Å². The molecule has 1 N–H and O–H groups in total. The maximum absolute atomic E-state index is 12.6. The zero-order valence-electron chi connectivity index (χ0n) is 15.9. The summed E-state index contributed by atoms with van der Waals surface area (Å²) in [6, 6.07) is 9.71. The van der Waals surface area contributed by atoms with Gasteiger partial charge in [0.05, 0.1) is 25.4 Å². The molecule has 6 heteroatoms. The smallest absolute Gasteiger partial charge is 0.240 e. The Bertz CT molecular complexity index is 766. The van der Waals surface area contributed by atoms with E-state index in [9.17, 15) is 4.79 Å². The fourth-order valence-electron chi connectivity index (χ4n) is 3.08. The van der Waals surface area contributed by atoms with Gasteiger partial charge in [-0.05, 0) is 20.3 Å². The van der Waals surface area contributed by atoms with Crippen molar-refractivity contribution >= 4 is 5.91 Å². The highest BCUT2D eigenvalue weighted by atomic mass is 16.5. The first-order valence-corrected chi connectivity index (χ1v) is 9.32. The van der Waals surface area contributed by atoms with Crippen molar-refractivity contribution in [1.29, 1.82) is 0 Å². The number of allylic oxidation sites excluding steroid dienone is 1. The number of imidazole rings is 1. The van der Waals surface area contributed by atoms with E-state index in [1.54, 1.807) is 6.20 Å². The minimum Gasteiger partial charge on any atom is -0.379 e. The Labute approximate surface area is 160 Å². The first-order valence-electron chi connectivity index (χ1n) is 9.32. The van der Waals surface area contributed by atoms with Gasteiger partial charge in [0.1, 0.15) is 12.4 Å². The second-order valence-corrected chi connectivity index (χ2v) is 6.94. The molecule has 1 aliphatic heterocycles. The third-order valence-electron chi connectivity index (χ3n) is 4.50. The van der Waals surface area contributed by atoms with Gasteiger partial charge in [0.25, 0.3) is 0 Å². The zero-order valence-corrected chi connectivity index (χ0v) is 15.9. The van der Waals surface area contributed by atoms with E-state index in [4.69, 9.17) is 9.47 Å². The molecule has 1 aliphatic rings. The Morgan fingerprint density at radius 2 is 2.19 bits per heavy atom. The maximum atomic E-state index is 12.6. The van der Waals surface area contributed by atoms with Gasteiger partial charge in [0.15, 0.2) is 0 Å². The first kappa shape index (κ1) is 19.3. The van der Waals surface area contributed by atoms with E-state index >= 15 is 0 Å². The number of amides is 1. The standard InChI is InChI=1S/C21H27N3O3/c1-16(2)8-13-27-19-9-12-26-15-18(19)23-20(25)14-24-11-10-22-21(24)17-6-4-3-5-7-17/h3-8,10-11,18-19H,9,12-15H2,1-2H3,(H,23,25)/t18-,19+/m0/s1. The molecule has 0 radical (unpaired) electrons. The number of hydrogen-bond acceptors (Lipinski definition) is 4. The summed E-state index contributed by atoms with van der Waals surface area (Å²) in [5.41, 5.74) is 2.20. The Balaban J connectivity index is 1.60. The quantitative estimate of drug-likeness (QED) is 0.762. The van der Waals surface area contributed by atoms with Crippen molar-refractivity contribution in [2.75, 3.05) is 19.8 Å². The molecular weight excluding hydrogens is 342 g/mol. The largest absolute Gasteiger partial charge is 0.379 e. The predicted molar refractivity (Wildman–Crippen MR) is 104 cm³/mol. The van der Waals surface area contributed by atoms with E-state index in [0.29, 0.717) is 19.8 Å². The number of carbonyl (C=O) groups is 1. The maximum Gasteiger partial charge on any atom is 0.240 e. The van der Waals surface area contributed by atoms with Crippen LogP contribution < -0.4 is 5.32 Å². The highest BCUT2D eigenvalue weighted by Gasteiger charge is 2.28. The van der Waals surface area contributed by atoms with Crippen LogP contribution in [-0.2, 0) is 20.8 Å². The zero-order chi connectivity index (χ0) is 19.1. The normalized spacial score (nSPS) is 19.5. The highest BCUT2D eigenvalue weighted by molar-refractivity contribution is 5.77. The summed E-state index contributed by atoms with van der Waals surface area (Å²) in [4.78, 5) is 17.0. The summed E-state index contributed by atoms with van der Waals surface area (Å²) >= 11 is 0. The second kappa shape index (κ2) is 9.48. The van der Waals surface area contributed by atoms with Crippen LogP contribution in [0.1, 0.15) is 20.3 Å². The summed E-state index contributed by atoms with van der Waals surface area (Å²) in [6.07, 6.45) is 6.33. The number of ether oxygens (including phenoxy) is 2. The third-order valence-corrected chi connectivity index (χ3v) is 4.50. The van der Waals surface area contributed by atoms with Crippen LogP contribution in [0.25, 0.3) is 11.4 Å². The van der Waals surface area contributed by atoms with Crippen molar-refractivity contribution in [3.63, 3.8) is 0 Å². The fraction of sp³-hybridized carbons (Fsp3) is 0.429. The SMILES string of the molecule is CC(C)=CCO[C@@H]1CCOC[C@@H]1NC(=O)Cn1ccnc1-c1ccccc1. The van der Waals surface area contributed by atoms with Gasteiger partial charge in [-0.15, -0.1) is 0 Å². The molecular formula is C21H27N3O3. The minimum atomic E-state index is -0.138. The Hall–Kier alpha value is -2.44. The van der Waals surface area contributed by atoms with Crippen molar-refractivity contribution in [3.05, 3.63) is 54.4 Å². The average molecular weight is 369 g/mol. The molecule has 2 aromatic rings. The number of hydrogen-bond donors (Lipinski definition) is 1. The molecule has 1 amide bonds. The van der Waals surface area contributed by atoms with Crippen LogP contribution in [0.15, 0.2) is 54.4 Å². The van der Waals surface area contributed by atoms with Crippen LogP contribution in [0, 0.1) is 0 Å². The molecule has 2 heterocycles. The van der Waals surface area contributed by atoms with E-state index < -0.39 is 0 Å². The monoisotopic (exact) mass is 369 g/mol. The van der Waals surface area contributed by atoms with Crippen LogP contribution in [0.3, 0.4) is 0 Å². The van der Waals surface area contributed by atoms with Crippen molar-refractivity contribution in [1.82, 2.24) is 14.9 Å². The topological polar surface area (TPSA) is 65.4 Å². The summed E-state index contributed by atoms with van der Waals surface area (Å²) in [5, 5.41) is 3.07. The lowest BCUT2D eigenvalue weighted by Gasteiger charge is -2.32. The lowest BCUT2D eigenvalue weighted by molar-refractivity contribution is -0.126. The molecule has 1 aromatic carbocycles. The summed E-state index contributed by atoms with van der Waals surface area (Å²) in [5.74, 6) is 0.707. The van der Waals surface area contributed by atoms with Crippen LogP contribution >= 0.6 is 0 Å². The molecule has 0 spiro atoms. The van der Waals surface area contributed by atoms with Gasteiger partial charge < -0.3 is 19.4 Å². The van der Waals surface area contributed by atoms with Crippen LogP contribution in [0.2, 0.25) is 0 Å².